The molecule has 2 nitrogen and oxygen atoms in total. The zero-order valence-corrected chi connectivity index (χ0v) is 13.5. The van der Waals surface area contributed by atoms with E-state index in [0.717, 1.165) is 40.5 Å². The number of hydrogen-bond donors (Lipinski definition) is 0. The van der Waals surface area contributed by atoms with Crippen molar-refractivity contribution in [1.29, 1.82) is 0 Å². The number of aromatic nitrogens is 2. The average molecular weight is 317 g/mol. The molecule has 0 N–H and O–H groups in total. The number of alkyl halides is 1. The fourth-order valence-corrected chi connectivity index (χ4v) is 3.20. The minimum absolute atomic E-state index is 0.428. The third-order valence-corrected chi connectivity index (χ3v) is 4.29. The van der Waals surface area contributed by atoms with Crippen molar-refractivity contribution in [2.45, 2.75) is 25.8 Å². The molecule has 104 valence electrons. The topological polar surface area (TPSA) is 17.8 Å². The van der Waals surface area contributed by atoms with E-state index >= 15 is 0 Å². The second-order valence-electron chi connectivity index (χ2n) is 4.60. The first-order valence-corrected chi connectivity index (χ1v) is 8.69. The zero-order valence-electron chi connectivity index (χ0n) is 11.2. The van der Waals surface area contributed by atoms with Crippen molar-refractivity contribution in [3.8, 4) is 0 Å². The number of imidazole rings is 1. The van der Waals surface area contributed by atoms with Gasteiger partial charge in [0.15, 0.2) is 0 Å². The number of fused-ring (bicyclic) bond motifs is 1. The highest BCUT2D eigenvalue weighted by atomic mass is 35.5. The van der Waals surface area contributed by atoms with Crippen molar-refractivity contribution in [2.24, 2.45) is 0 Å². The second-order valence-corrected chi connectivity index (χ2v) is 6.40. The maximum atomic E-state index is 6.04. The maximum Gasteiger partial charge on any atom is 0.111 e. The summed E-state index contributed by atoms with van der Waals surface area (Å²) in [5, 5.41) is 0.728. The van der Waals surface area contributed by atoms with Crippen LogP contribution in [0.3, 0.4) is 0 Å². The van der Waals surface area contributed by atoms with Crippen LogP contribution in [0.5, 0.6) is 0 Å². The summed E-state index contributed by atoms with van der Waals surface area (Å²) >= 11 is 13.8. The molecule has 2 aromatic rings. The van der Waals surface area contributed by atoms with Crippen LogP contribution in [0.2, 0.25) is 5.02 Å². The minimum atomic E-state index is 0.428. The van der Waals surface area contributed by atoms with Crippen molar-refractivity contribution >= 4 is 46.0 Å². The van der Waals surface area contributed by atoms with Gasteiger partial charge < -0.3 is 4.57 Å². The van der Waals surface area contributed by atoms with Gasteiger partial charge >= 0.3 is 0 Å². The number of rotatable bonds is 6. The SMILES string of the molecule is CSCCC(C)n1c(CCCl)nc2cc(Cl)ccc21. The molecular weight excluding hydrogens is 299 g/mol. The first-order valence-electron chi connectivity index (χ1n) is 6.38. The molecule has 2 rings (SSSR count). The van der Waals surface area contributed by atoms with E-state index in [1.54, 1.807) is 0 Å². The van der Waals surface area contributed by atoms with Gasteiger partial charge in [-0.15, -0.1) is 11.6 Å². The average Bonchev–Trinajstić information content (AvgIpc) is 2.73. The summed E-state index contributed by atoms with van der Waals surface area (Å²) in [4.78, 5) is 4.68. The molecule has 0 bridgehead atoms. The van der Waals surface area contributed by atoms with Crippen molar-refractivity contribution in [3.63, 3.8) is 0 Å². The first-order chi connectivity index (χ1) is 9.17. The molecule has 1 atom stereocenters. The molecule has 1 heterocycles. The smallest absolute Gasteiger partial charge is 0.111 e. The highest BCUT2D eigenvalue weighted by molar-refractivity contribution is 7.98. The third kappa shape index (κ3) is 3.39. The number of thioether (sulfide) groups is 1. The molecule has 0 aliphatic rings. The first kappa shape index (κ1) is 15.0. The molecule has 0 fully saturated rings. The van der Waals surface area contributed by atoms with Crippen LogP contribution in [0.25, 0.3) is 11.0 Å². The van der Waals surface area contributed by atoms with Gasteiger partial charge in [-0.2, -0.15) is 11.8 Å². The van der Waals surface area contributed by atoms with Gasteiger partial charge in [0, 0.05) is 23.4 Å². The summed E-state index contributed by atoms with van der Waals surface area (Å²) in [6, 6.07) is 6.33. The van der Waals surface area contributed by atoms with Crippen molar-refractivity contribution in [3.05, 3.63) is 29.0 Å². The molecule has 1 aromatic carbocycles. The fraction of sp³-hybridized carbons (Fsp3) is 0.500. The molecule has 0 aliphatic carbocycles. The quantitative estimate of drug-likeness (QED) is 0.713. The Kier molecular flexibility index (Phi) is 5.43. The van der Waals surface area contributed by atoms with Crippen LogP contribution < -0.4 is 0 Å². The molecule has 19 heavy (non-hydrogen) atoms. The van der Waals surface area contributed by atoms with E-state index < -0.39 is 0 Å². The minimum Gasteiger partial charge on any atom is -0.325 e. The van der Waals surface area contributed by atoms with Gasteiger partial charge in [-0.3, -0.25) is 0 Å². The van der Waals surface area contributed by atoms with E-state index in [1.165, 1.54) is 0 Å². The van der Waals surface area contributed by atoms with Gasteiger partial charge in [0.05, 0.1) is 11.0 Å². The van der Waals surface area contributed by atoms with Gasteiger partial charge in [-0.05, 0) is 43.6 Å². The standard InChI is InChI=1S/C14H18Cl2N2S/c1-10(6-8-19-2)18-13-4-3-11(16)9-12(13)17-14(18)5-7-15/h3-4,9-10H,5-8H2,1-2H3. The Labute approximate surface area is 128 Å². The van der Waals surface area contributed by atoms with Crippen LogP contribution in [-0.2, 0) is 6.42 Å². The highest BCUT2D eigenvalue weighted by Crippen LogP contribution is 2.26. The molecule has 5 heteroatoms. The highest BCUT2D eigenvalue weighted by Gasteiger charge is 2.15. The lowest BCUT2D eigenvalue weighted by atomic mass is 10.2. The lowest BCUT2D eigenvalue weighted by Crippen LogP contribution is -2.10. The van der Waals surface area contributed by atoms with Crippen molar-refractivity contribution in [1.82, 2.24) is 9.55 Å². The van der Waals surface area contributed by atoms with Crippen LogP contribution in [0.15, 0.2) is 18.2 Å². The Morgan fingerprint density at radius 3 is 2.89 bits per heavy atom. The monoisotopic (exact) mass is 316 g/mol. The van der Waals surface area contributed by atoms with Crippen LogP contribution in [0.1, 0.15) is 25.2 Å². The Morgan fingerprint density at radius 1 is 1.42 bits per heavy atom. The molecule has 0 radical (unpaired) electrons. The number of nitrogens with zero attached hydrogens (tertiary/aromatic N) is 2. The van der Waals surface area contributed by atoms with E-state index in [9.17, 15) is 0 Å². The molecule has 1 aromatic heterocycles. The third-order valence-electron chi connectivity index (χ3n) is 3.22. The van der Waals surface area contributed by atoms with E-state index in [1.807, 2.05) is 23.9 Å². The van der Waals surface area contributed by atoms with Gasteiger partial charge in [0.25, 0.3) is 0 Å². The summed E-state index contributed by atoms with van der Waals surface area (Å²) in [7, 11) is 0. The Bertz CT molecular complexity index is 554. The summed E-state index contributed by atoms with van der Waals surface area (Å²) in [5.41, 5.74) is 2.11. The molecule has 1 unspecified atom stereocenters. The predicted molar refractivity (Wildman–Crippen MR) is 86.9 cm³/mol. The normalized spacial score (nSPS) is 13.1. The molecule has 0 aliphatic heterocycles. The van der Waals surface area contributed by atoms with Crippen LogP contribution >= 0.6 is 35.0 Å². The van der Waals surface area contributed by atoms with E-state index in [2.05, 4.69) is 28.8 Å². The van der Waals surface area contributed by atoms with Gasteiger partial charge in [-0.1, -0.05) is 11.6 Å². The Hall–Kier alpha value is -0.380. The van der Waals surface area contributed by atoms with E-state index in [4.69, 9.17) is 23.2 Å². The summed E-state index contributed by atoms with van der Waals surface area (Å²) < 4.78 is 2.31. The number of benzene rings is 1. The van der Waals surface area contributed by atoms with Gasteiger partial charge in [-0.25, -0.2) is 4.98 Å². The fourth-order valence-electron chi connectivity index (χ4n) is 2.29. The second kappa shape index (κ2) is 6.87. The molecule has 0 saturated heterocycles. The van der Waals surface area contributed by atoms with Crippen molar-refractivity contribution in [2.75, 3.05) is 17.9 Å². The van der Waals surface area contributed by atoms with Crippen LogP contribution in [-0.4, -0.2) is 27.4 Å². The van der Waals surface area contributed by atoms with Crippen LogP contribution in [0.4, 0.5) is 0 Å². The van der Waals surface area contributed by atoms with Gasteiger partial charge in [0.2, 0.25) is 0 Å². The van der Waals surface area contributed by atoms with E-state index in [0.29, 0.717) is 11.9 Å². The number of aryl methyl sites for hydroxylation is 1. The zero-order chi connectivity index (χ0) is 13.8. The van der Waals surface area contributed by atoms with Crippen LogP contribution in [0, 0.1) is 0 Å². The summed E-state index contributed by atoms with van der Waals surface area (Å²) in [5.74, 6) is 2.79. The molecule has 0 saturated carbocycles. The van der Waals surface area contributed by atoms with Crippen molar-refractivity contribution < 1.29 is 0 Å². The maximum absolute atomic E-state index is 6.04. The van der Waals surface area contributed by atoms with E-state index in [-0.39, 0.29) is 0 Å². The number of halogens is 2. The predicted octanol–water partition coefficient (Wildman–Crippen LogP) is 4.79. The Balaban J connectivity index is 2.45. The molecular formula is C14H18Cl2N2S. The van der Waals surface area contributed by atoms with Gasteiger partial charge in [0.1, 0.15) is 5.82 Å². The molecule has 0 spiro atoms. The number of hydrogen-bond acceptors (Lipinski definition) is 2. The largest absolute Gasteiger partial charge is 0.325 e. The lowest BCUT2D eigenvalue weighted by Gasteiger charge is -2.17. The molecule has 0 amide bonds. The summed E-state index contributed by atoms with van der Waals surface area (Å²) in [6.45, 7) is 2.24. The lowest BCUT2D eigenvalue weighted by molar-refractivity contribution is 0.528. The Morgan fingerprint density at radius 2 is 2.21 bits per heavy atom. The summed E-state index contributed by atoms with van der Waals surface area (Å²) in [6.07, 6.45) is 4.06.